The first kappa shape index (κ1) is 12.1. The molecule has 1 N–H and O–H groups in total. The van der Waals surface area contributed by atoms with E-state index in [0.29, 0.717) is 23.3 Å². The molecule has 1 aromatic carbocycles. The van der Waals surface area contributed by atoms with Crippen LogP contribution in [0.5, 0.6) is 0 Å². The van der Waals surface area contributed by atoms with Crippen LogP contribution in [0.2, 0.25) is 0 Å². The smallest absolute Gasteiger partial charge is 0.275 e. The van der Waals surface area contributed by atoms with Crippen molar-refractivity contribution < 1.29 is 18.8 Å². The third-order valence-electron chi connectivity index (χ3n) is 3.01. The van der Waals surface area contributed by atoms with Crippen molar-refractivity contribution in [1.29, 1.82) is 0 Å². The Hall–Kier alpha value is -1.92. The molecule has 1 unspecified atom stereocenters. The Bertz CT molecular complexity index is 575. The van der Waals surface area contributed by atoms with Crippen LogP contribution in [0.25, 0.3) is 11.1 Å². The molecule has 2 aromatic rings. The van der Waals surface area contributed by atoms with Crippen LogP contribution in [-0.4, -0.2) is 23.8 Å². The lowest BCUT2D eigenvalue weighted by molar-refractivity contribution is -0.186. The van der Waals surface area contributed by atoms with Gasteiger partial charge in [0.05, 0.1) is 0 Å². The quantitative estimate of drug-likeness (QED) is 0.856. The van der Waals surface area contributed by atoms with Gasteiger partial charge in [-0.2, -0.15) is 0 Å². The molecule has 1 aliphatic heterocycles. The van der Waals surface area contributed by atoms with Crippen molar-refractivity contribution in [3.63, 3.8) is 0 Å². The molecule has 19 heavy (non-hydrogen) atoms. The zero-order valence-corrected chi connectivity index (χ0v) is 10.3. The fourth-order valence-corrected chi connectivity index (χ4v) is 1.98. The van der Waals surface area contributed by atoms with Crippen molar-refractivity contribution in [1.82, 2.24) is 10.5 Å². The van der Waals surface area contributed by atoms with Gasteiger partial charge in [-0.1, -0.05) is 0 Å². The molecule has 3 rings (SSSR count). The van der Waals surface area contributed by atoms with Gasteiger partial charge in [0.2, 0.25) is 0 Å². The fourth-order valence-electron chi connectivity index (χ4n) is 1.98. The van der Waals surface area contributed by atoms with Crippen LogP contribution in [0.15, 0.2) is 29.0 Å². The Kier molecular flexibility index (Phi) is 3.43. The number of oxazole rings is 1. The number of rotatable bonds is 3. The summed E-state index contributed by atoms with van der Waals surface area (Å²) in [4.78, 5) is 21.1. The Balaban J connectivity index is 1.62. The van der Waals surface area contributed by atoms with Crippen molar-refractivity contribution in [2.45, 2.75) is 25.6 Å². The van der Waals surface area contributed by atoms with Gasteiger partial charge in [-0.05, 0) is 31.0 Å². The van der Waals surface area contributed by atoms with E-state index in [1.807, 2.05) is 0 Å². The summed E-state index contributed by atoms with van der Waals surface area (Å²) in [5.41, 5.74) is 4.16. The normalized spacial score (nSPS) is 19.5. The summed E-state index contributed by atoms with van der Waals surface area (Å²) in [6.45, 7) is 0.672. The van der Waals surface area contributed by atoms with E-state index < -0.39 is 0 Å². The molecular formula is C13H14N2O4. The number of fused-ring (bicyclic) bond motifs is 1. The summed E-state index contributed by atoms with van der Waals surface area (Å²) in [6.07, 6.45) is 3.87. The zero-order valence-electron chi connectivity index (χ0n) is 10.3. The van der Waals surface area contributed by atoms with Gasteiger partial charge < -0.3 is 9.15 Å². The van der Waals surface area contributed by atoms with Crippen LogP contribution in [0.1, 0.15) is 29.6 Å². The molecule has 100 valence electrons. The number of nitrogens with zero attached hydrogens (tertiary/aromatic N) is 1. The average Bonchev–Trinajstić information content (AvgIpc) is 2.93. The Labute approximate surface area is 109 Å². The molecule has 6 nitrogen and oxygen atoms in total. The van der Waals surface area contributed by atoms with E-state index in [2.05, 4.69) is 10.5 Å². The number of benzene rings is 1. The van der Waals surface area contributed by atoms with Crippen LogP contribution in [0.3, 0.4) is 0 Å². The average molecular weight is 262 g/mol. The van der Waals surface area contributed by atoms with Gasteiger partial charge in [0.15, 0.2) is 18.3 Å². The summed E-state index contributed by atoms with van der Waals surface area (Å²) < 4.78 is 10.5. The molecule has 1 fully saturated rings. The highest BCUT2D eigenvalue weighted by Crippen LogP contribution is 2.15. The summed E-state index contributed by atoms with van der Waals surface area (Å²) >= 11 is 0. The van der Waals surface area contributed by atoms with Crippen LogP contribution in [0, 0.1) is 0 Å². The molecule has 1 atom stereocenters. The van der Waals surface area contributed by atoms with Crippen LogP contribution in [0.4, 0.5) is 0 Å². The topological polar surface area (TPSA) is 73.6 Å². The minimum Gasteiger partial charge on any atom is -0.443 e. The van der Waals surface area contributed by atoms with Gasteiger partial charge in [-0.15, -0.1) is 0 Å². The maximum Gasteiger partial charge on any atom is 0.275 e. The zero-order chi connectivity index (χ0) is 13.1. The second-order valence-electron chi connectivity index (χ2n) is 4.38. The lowest BCUT2D eigenvalue weighted by Crippen LogP contribution is -2.33. The van der Waals surface area contributed by atoms with Crippen molar-refractivity contribution >= 4 is 17.0 Å². The number of carbonyl (C=O) groups excluding carboxylic acids is 1. The first-order chi connectivity index (χ1) is 9.33. The molecule has 0 bridgehead atoms. The summed E-state index contributed by atoms with van der Waals surface area (Å²) in [7, 11) is 0. The van der Waals surface area contributed by atoms with E-state index in [0.717, 1.165) is 19.3 Å². The minimum atomic E-state index is -0.353. The number of hydrogen-bond donors (Lipinski definition) is 1. The third kappa shape index (κ3) is 2.74. The molecule has 6 heteroatoms. The third-order valence-corrected chi connectivity index (χ3v) is 3.01. The van der Waals surface area contributed by atoms with Gasteiger partial charge in [-0.3, -0.25) is 4.79 Å². The predicted molar refractivity (Wildman–Crippen MR) is 66.2 cm³/mol. The van der Waals surface area contributed by atoms with Crippen molar-refractivity contribution in [3.05, 3.63) is 30.2 Å². The van der Waals surface area contributed by atoms with Gasteiger partial charge in [0, 0.05) is 18.6 Å². The molecular weight excluding hydrogens is 248 g/mol. The summed E-state index contributed by atoms with van der Waals surface area (Å²) in [5, 5.41) is 0. The number of nitrogens with one attached hydrogen (secondary N) is 1. The van der Waals surface area contributed by atoms with Crippen molar-refractivity contribution in [2.24, 2.45) is 0 Å². The maximum atomic E-state index is 11.9. The molecule has 0 spiro atoms. The number of aromatic nitrogens is 1. The minimum absolute atomic E-state index is 0.320. The number of carbonyl (C=O) groups is 1. The Morgan fingerprint density at radius 2 is 2.37 bits per heavy atom. The van der Waals surface area contributed by atoms with E-state index in [1.165, 1.54) is 6.39 Å². The maximum absolute atomic E-state index is 11.9. The Morgan fingerprint density at radius 1 is 1.42 bits per heavy atom. The monoisotopic (exact) mass is 262 g/mol. The van der Waals surface area contributed by atoms with Gasteiger partial charge in [0.1, 0.15) is 5.52 Å². The number of hydroxylamine groups is 1. The molecule has 0 radical (unpaired) electrons. The highest BCUT2D eigenvalue weighted by Gasteiger charge is 2.16. The lowest BCUT2D eigenvalue weighted by Gasteiger charge is -2.22. The largest absolute Gasteiger partial charge is 0.443 e. The van der Waals surface area contributed by atoms with Gasteiger partial charge >= 0.3 is 0 Å². The van der Waals surface area contributed by atoms with Crippen molar-refractivity contribution in [2.75, 3.05) is 6.61 Å². The molecule has 1 aromatic heterocycles. The standard InChI is InChI=1S/C13H14N2O4/c16-13(15-19-12-3-1-2-6-17-12)9-4-5-11-10(7-9)14-8-18-11/h4-5,7-8,12H,1-3,6H2,(H,15,16). The lowest BCUT2D eigenvalue weighted by atomic mass is 10.2. The van der Waals surface area contributed by atoms with Crippen LogP contribution in [-0.2, 0) is 9.57 Å². The van der Waals surface area contributed by atoms with Gasteiger partial charge in [0.25, 0.3) is 5.91 Å². The summed E-state index contributed by atoms with van der Waals surface area (Å²) in [6, 6.07) is 5.02. The highest BCUT2D eigenvalue weighted by molar-refractivity contribution is 5.96. The predicted octanol–water partition coefficient (Wildman–Crippen LogP) is 2.02. The van der Waals surface area contributed by atoms with Crippen molar-refractivity contribution in [3.8, 4) is 0 Å². The molecule has 1 saturated heterocycles. The molecule has 1 aliphatic rings. The SMILES string of the molecule is O=C(NOC1CCCCO1)c1ccc2ocnc2c1. The first-order valence-electron chi connectivity index (χ1n) is 6.24. The van der Waals surface area contributed by atoms with E-state index in [-0.39, 0.29) is 12.2 Å². The van der Waals surface area contributed by atoms with E-state index >= 15 is 0 Å². The molecule has 1 amide bonds. The molecule has 0 aliphatic carbocycles. The number of hydrogen-bond acceptors (Lipinski definition) is 5. The number of ether oxygens (including phenoxy) is 1. The van der Waals surface area contributed by atoms with Gasteiger partial charge in [-0.25, -0.2) is 15.3 Å². The second kappa shape index (κ2) is 5.38. The highest BCUT2D eigenvalue weighted by atomic mass is 16.8. The van der Waals surface area contributed by atoms with E-state index in [1.54, 1.807) is 18.2 Å². The number of amides is 1. The van der Waals surface area contributed by atoms with Crippen LogP contribution < -0.4 is 5.48 Å². The second-order valence-corrected chi connectivity index (χ2v) is 4.38. The fraction of sp³-hybridized carbons (Fsp3) is 0.385. The first-order valence-corrected chi connectivity index (χ1v) is 6.24. The summed E-state index contributed by atoms with van der Waals surface area (Å²) in [5.74, 6) is -0.320. The van der Waals surface area contributed by atoms with E-state index in [4.69, 9.17) is 14.0 Å². The molecule has 2 heterocycles. The molecule has 0 saturated carbocycles. The van der Waals surface area contributed by atoms with Crippen LogP contribution >= 0.6 is 0 Å². The van der Waals surface area contributed by atoms with E-state index in [9.17, 15) is 4.79 Å². The Morgan fingerprint density at radius 3 is 3.21 bits per heavy atom.